The van der Waals surface area contributed by atoms with Crippen molar-refractivity contribution in [3.8, 4) is 22.9 Å². The molecule has 0 unspecified atom stereocenters. The zero-order valence-electron chi connectivity index (χ0n) is 20.8. The minimum absolute atomic E-state index is 0.230. The van der Waals surface area contributed by atoms with Gasteiger partial charge in [-0.2, -0.15) is 0 Å². The molecule has 0 fully saturated rings. The second-order valence-electron chi connectivity index (χ2n) is 7.90. The highest BCUT2D eigenvalue weighted by Crippen LogP contribution is 2.20. The Labute approximate surface area is 218 Å². The second kappa shape index (κ2) is 12.0. The van der Waals surface area contributed by atoms with Crippen LogP contribution in [-0.2, 0) is 0 Å². The summed E-state index contributed by atoms with van der Waals surface area (Å²) in [7, 11) is 3.16. The first-order valence-electron chi connectivity index (χ1n) is 11.7. The summed E-state index contributed by atoms with van der Waals surface area (Å²) in [6, 6.07) is 22.6. The van der Waals surface area contributed by atoms with E-state index in [0.717, 1.165) is 23.5 Å². The Hall–Kier alpha value is -4.37. The minimum atomic E-state index is -0.405. The number of benzene rings is 3. The van der Waals surface area contributed by atoms with Crippen molar-refractivity contribution in [1.82, 2.24) is 4.57 Å². The molecule has 0 saturated carbocycles. The van der Waals surface area contributed by atoms with E-state index >= 15 is 0 Å². The van der Waals surface area contributed by atoms with Gasteiger partial charge in [-0.05, 0) is 79.2 Å². The van der Waals surface area contributed by atoms with Crippen LogP contribution in [0.25, 0.3) is 5.69 Å². The quantitative estimate of drug-likeness (QED) is 0.330. The van der Waals surface area contributed by atoms with Crippen molar-refractivity contribution in [2.75, 3.05) is 26.1 Å². The minimum Gasteiger partial charge on any atom is -0.497 e. The van der Waals surface area contributed by atoms with Gasteiger partial charge < -0.3 is 19.5 Å². The topological polar surface area (TPSA) is 91.2 Å². The molecule has 4 rings (SSSR count). The lowest BCUT2D eigenvalue weighted by atomic mass is 10.3. The summed E-state index contributed by atoms with van der Waals surface area (Å²) in [4.78, 5) is 31.6. The number of nitrogens with one attached hydrogen (secondary N) is 1. The van der Waals surface area contributed by atoms with E-state index in [-0.39, 0.29) is 10.4 Å². The summed E-state index contributed by atoms with van der Waals surface area (Å²) in [5, 5.41) is 2.84. The van der Waals surface area contributed by atoms with Crippen LogP contribution in [0.15, 0.2) is 88.6 Å². The van der Waals surface area contributed by atoms with Gasteiger partial charge in [0.1, 0.15) is 22.1 Å². The number of hydrogen-bond acceptors (Lipinski definition) is 7. The van der Waals surface area contributed by atoms with Crippen molar-refractivity contribution in [3.63, 3.8) is 0 Å². The van der Waals surface area contributed by atoms with Crippen molar-refractivity contribution in [1.29, 1.82) is 0 Å². The standard InChI is InChI=1S/C28H27N3O5S/c1-4-17-36-24-13-7-19(8-14-24)29-27(33)25-18-26(32)31(21-9-15-23(35-3)16-10-21)28(37-25)30-20-5-11-22(34-2)12-6-20/h5-16,18H,4,17H2,1-3H3,(H,29,33). The molecule has 0 bridgehead atoms. The third kappa shape index (κ3) is 6.45. The molecule has 0 aliphatic rings. The molecule has 0 aliphatic carbocycles. The predicted molar refractivity (Wildman–Crippen MR) is 145 cm³/mol. The average Bonchev–Trinajstić information content (AvgIpc) is 2.93. The number of nitrogens with zero attached hydrogens (tertiary/aromatic N) is 2. The zero-order chi connectivity index (χ0) is 26.2. The lowest BCUT2D eigenvalue weighted by Crippen LogP contribution is -2.31. The molecule has 0 spiro atoms. The second-order valence-corrected chi connectivity index (χ2v) is 8.91. The summed E-state index contributed by atoms with van der Waals surface area (Å²) in [5.74, 6) is 1.67. The number of anilines is 1. The Morgan fingerprint density at radius 1 is 0.892 bits per heavy atom. The van der Waals surface area contributed by atoms with E-state index in [4.69, 9.17) is 14.2 Å². The summed E-state index contributed by atoms with van der Waals surface area (Å²) in [6.45, 7) is 2.66. The Morgan fingerprint density at radius 2 is 1.49 bits per heavy atom. The average molecular weight is 518 g/mol. The molecule has 1 aromatic heterocycles. The molecule has 1 heterocycles. The monoisotopic (exact) mass is 517 g/mol. The summed E-state index contributed by atoms with van der Waals surface area (Å²) in [5.41, 5.74) is 1.42. The Bertz CT molecular complexity index is 1470. The van der Waals surface area contributed by atoms with Crippen LogP contribution < -0.4 is 29.9 Å². The first-order valence-corrected chi connectivity index (χ1v) is 12.5. The molecule has 0 radical (unpaired) electrons. The molecule has 0 aliphatic heterocycles. The zero-order valence-corrected chi connectivity index (χ0v) is 21.6. The largest absolute Gasteiger partial charge is 0.497 e. The number of hydrogen-bond donors (Lipinski definition) is 1. The molecule has 190 valence electrons. The van der Waals surface area contributed by atoms with Crippen LogP contribution in [0, 0.1) is 0 Å². The number of methoxy groups -OCH3 is 2. The first-order chi connectivity index (χ1) is 18.0. The molecule has 37 heavy (non-hydrogen) atoms. The smallest absolute Gasteiger partial charge is 0.266 e. The van der Waals surface area contributed by atoms with Crippen molar-refractivity contribution < 1.29 is 19.0 Å². The van der Waals surface area contributed by atoms with E-state index in [0.29, 0.717) is 40.0 Å². The number of ether oxygens (including phenoxy) is 3. The first kappa shape index (κ1) is 25.7. The molecule has 8 nitrogen and oxygen atoms in total. The maximum Gasteiger partial charge on any atom is 0.266 e. The lowest BCUT2D eigenvalue weighted by Gasteiger charge is -2.10. The molecular formula is C28H27N3O5S. The highest BCUT2D eigenvalue weighted by Gasteiger charge is 2.13. The number of rotatable bonds is 9. The third-order valence-corrected chi connectivity index (χ3v) is 6.28. The molecule has 3 aromatic carbocycles. The molecule has 1 amide bonds. The molecule has 0 saturated heterocycles. The third-order valence-electron chi connectivity index (χ3n) is 5.30. The van der Waals surface area contributed by atoms with E-state index in [9.17, 15) is 9.59 Å². The van der Waals surface area contributed by atoms with Crippen molar-refractivity contribution in [2.45, 2.75) is 13.3 Å². The summed E-state index contributed by atoms with van der Waals surface area (Å²) < 4.78 is 17.5. The van der Waals surface area contributed by atoms with Gasteiger partial charge in [-0.1, -0.05) is 18.3 Å². The SMILES string of the molecule is CCCOc1ccc(NC(=O)c2cc(=O)n(-c3ccc(OC)cc3)c(=Nc3ccc(OC)cc3)s2)cc1. The molecular weight excluding hydrogens is 490 g/mol. The van der Waals surface area contributed by atoms with Crippen LogP contribution in [0.1, 0.15) is 23.0 Å². The van der Waals surface area contributed by atoms with E-state index in [1.54, 1.807) is 87.0 Å². The van der Waals surface area contributed by atoms with Crippen LogP contribution >= 0.6 is 11.3 Å². The number of aromatic nitrogens is 1. The maximum atomic E-state index is 13.3. The van der Waals surface area contributed by atoms with Crippen LogP contribution in [0.3, 0.4) is 0 Å². The van der Waals surface area contributed by atoms with Crippen molar-refractivity contribution in [3.05, 3.63) is 98.9 Å². The van der Waals surface area contributed by atoms with Gasteiger partial charge in [0.2, 0.25) is 0 Å². The Morgan fingerprint density at radius 3 is 2.08 bits per heavy atom. The fraction of sp³-hybridized carbons (Fsp3) is 0.179. The van der Waals surface area contributed by atoms with Gasteiger partial charge in [-0.3, -0.25) is 14.2 Å². The van der Waals surface area contributed by atoms with Crippen molar-refractivity contribution in [2.24, 2.45) is 4.99 Å². The molecule has 0 atom stereocenters. The van der Waals surface area contributed by atoms with E-state index in [1.807, 2.05) is 6.92 Å². The number of carbonyl (C=O) groups excluding carboxylic acids is 1. The van der Waals surface area contributed by atoms with Gasteiger partial charge in [0.25, 0.3) is 11.5 Å². The van der Waals surface area contributed by atoms with Gasteiger partial charge in [-0.25, -0.2) is 4.99 Å². The normalized spacial score (nSPS) is 11.2. The predicted octanol–water partition coefficient (Wildman–Crippen LogP) is 5.19. The van der Waals surface area contributed by atoms with Crippen LogP contribution in [0.2, 0.25) is 0 Å². The van der Waals surface area contributed by atoms with Crippen molar-refractivity contribution >= 4 is 28.6 Å². The fourth-order valence-electron chi connectivity index (χ4n) is 3.41. The maximum absolute atomic E-state index is 13.3. The van der Waals surface area contributed by atoms with E-state index < -0.39 is 5.91 Å². The number of amides is 1. The number of carbonyl (C=O) groups is 1. The van der Waals surface area contributed by atoms with Gasteiger partial charge in [0.05, 0.1) is 32.2 Å². The Balaban J connectivity index is 1.72. The highest BCUT2D eigenvalue weighted by molar-refractivity contribution is 7.11. The van der Waals surface area contributed by atoms with E-state index in [2.05, 4.69) is 10.3 Å². The highest BCUT2D eigenvalue weighted by atomic mass is 32.1. The van der Waals surface area contributed by atoms with Gasteiger partial charge in [0.15, 0.2) is 4.80 Å². The molecule has 9 heteroatoms. The van der Waals surface area contributed by atoms with Gasteiger partial charge in [0, 0.05) is 11.8 Å². The van der Waals surface area contributed by atoms with Gasteiger partial charge in [-0.15, -0.1) is 0 Å². The lowest BCUT2D eigenvalue weighted by molar-refractivity contribution is 0.103. The fourth-order valence-corrected chi connectivity index (χ4v) is 4.35. The summed E-state index contributed by atoms with van der Waals surface area (Å²) >= 11 is 1.11. The van der Waals surface area contributed by atoms with E-state index in [1.165, 1.54) is 10.6 Å². The summed E-state index contributed by atoms with van der Waals surface area (Å²) in [6.07, 6.45) is 0.909. The molecule has 1 N–H and O–H groups in total. The van der Waals surface area contributed by atoms with Crippen LogP contribution in [0.5, 0.6) is 17.2 Å². The Kier molecular flexibility index (Phi) is 8.37. The molecule has 4 aromatic rings. The van der Waals surface area contributed by atoms with Crippen LogP contribution in [-0.4, -0.2) is 31.3 Å². The van der Waals surface area contributed by atoms with Gasteiger partial charge >= 0.3 is 0 Å². The van der Waals surface area contributed by atoms with Crippen LogP contribution in [0.4, 0.5) is 11.4 Å².